The van der Waals surface area contributed by atoms with Gasteiger partial charge in [0.1, 0.15) is 24.2 Å². The van der Waals surface area contributed by atoms with E-state index in [-0.39, 0.29) is 48.6 Å². The van der Waals surface area contributed by atoms with Crippen molar-refractivity contribution >= 4 is 36.1 Å². The van der Waals surface area contributed by atoms with Crippen molar-refractivity contribution < 1.29 is 52.2 Å². The fourth-order valence-corrected chi connectivity index (χ4v) is 6.04. The Balaban J connectivity index is 1.42. The molecule has 0 radical (unpaired) electrons. The maximum atomic E-state index is 13.7. The van der Waals surface area contributed by atoms with Crippen LogP contribution in [0.4, 0.5) is 0 Å². The van der Waals surface area contributed by atoms with Crippen LogP contribution in [0.15, 0.2) is 95.4 Å². The third-order valence-electron chi connectivity index (χ3n) is 9.00. The molecular weight excluding hydrogens is 736 g/mol. The predicted octanol–water partition coefficient (Wildman–Crippen LogP) is 4.60. The largest absolute Gasteiger partial charge is 0.493 e. The molecule has 0 fully saturated rings. The highest BCUT2D eigenvalue weighted by molar-refractivity contribution is 6.00. The molecule has 302 valence electrons. The number of hydrogen-bond acceptors (Lipinski definition) is 11. The Labute approximate surface area is 330 Å². The fourth-order valence-electron chi connectivity index (χ4n) is 6.04. The SMILES string of the molecule is CCOc1cc(-c2ccc(C(=O)NCNC(=O)[C@H](CCc3ccccc3)[C@@H](CC)N(C=O)OCc3ccccc3)o2)ccc1C(=O)N[C@@H](CC(=O)OC)C(=O)OC. The van der Waals surface area contributed by atoms with Gasteiger partial charge in [-0.25, -0.2) is 9.86 Å². The van der Waals surface area contributed by atoms with Crippen molar-refractivity contribution in [2.45, 2.75) is 58.2 Å². The highest BCUT2D eigenvalue weighted by Gasteiger charge is 2.32. The van der Waals surface area contributed by atoms with Crippen LogP contribution in [0.2, 0.25) is 0 Å². The first-order chi connectivity index (χ1) is 27.6. The summed E-state index contributed by atoms with van der Waals surface area (Å²) in [6.07, 6.45) is 1.57. The summed E-state index contributed by atoms with van der Waals surface area (Å²) in [6.45, 7) is 3.72. The number of rotatable bonds is 22. The van der Waals surface area contributed by atoms with E-state index in [9.17, 15) is 28.8 Å². The molecule has 15 heteroatoms. The molecule has 4 rings (SSSR count). The highest BCUT2D eigenvalue weighted by Crippen LogP contribution is 2.29. The zero-order valence-electron chi connectivity index (χ0n) is 32.4. The molecule has 0 aliphatic rings. The molecule has 0 saturated heterocycles. The number of aryl methyl sites for hydroxylation is 1. The third-order valence-corrected chi connectivity index (χ3v) is 9.00. The molecule has 0 unspecified atom stereocenters. The molecule has 3 aromatic carbocycles. The van der Waals surface area contributed by atoms with Crippen molar-refractivity contribution in [2.75, 3.05) is 27.5 Å². The first kappa shape index (κ1) is 43.3. The number of amides is 4. The summed E-state index contributed by atoms with van der Waals surface area (Å²) in [5.74, 6) is -3.49. The Kier molecular flexibility index (Phi) is 16.8. The van der Waals surface area contributed by atoms with E-state index in [1.54, 1.807) is 25.1 Å². The van der Waals surface area contributed by atoms with Crippen molar-refractivity contribution in [1.29, 1.82) is 0 Å². The third kappa shape index (κ3) is 12.5. The van der Waals surface area contributed by atoms with Crippen molar-refractivity contribution in [1.82, 2.24) is 21.0 Å². The molecule has 57 heavy (non-hydrogen) atoms. The van der Waals surface area contributed by atoms with Crippen LogP contribution in [0, 0.1) is 5.92 Å². The fraction of sp³-hybridized carbons (Fsp3) is 0.333. The monoisotopic (exact) mass is 784 g/mol. The van der Waals surface area contributed by atoms with E-state index >= 15 is 0 Å². The van der Waals surface area contributed by atoms with Crippen LogP contribution in [-0.4, -0.2) is 80.7 Å². The van der Waals surface area contributed by atoms with Gasteiger partial charge in [0.15, 0.2) is 5.76 Å². The van der Waals surface area contributed by atoms with Crippen molar-refractivity contribution in [2.24, 2.45) is 5.92 Å². The van der Waals surface area contributed by atoms with Crippen LogP contribution < -0.4 is 20.7 Å². The Morgan fingerprint density at radius 3 is 2.16 bits per heavy atom. The van der Waals surface area contributed by atoms with Gasteiger partial charge in [-0.15, -0.1) is 0 Å². The average Bonchev–Trinajstić information content (AvgIpc) is 3.74. The second-order valence-electron chi connectivity index (χ2n) is 12.7. The number of furan rings is 1. The molecule has 4 aromatic rings. The van der Waals surface area contributed by atoms with Crippen molar-refractivity contribution in [3.05, 3.63) is 113 Å². The van der Waals surface area contributed by atoms with Crippen molar-refractivity contribution in [3.63, 3.8) is 0 Å². The molecule has 3 atom stereocenters. The number of methoxy groups -OCH3 is 2. The summed E-state index contributed by atoms with van der Waals surface area (Å²) < 4.78 is 20.9. The summed E-state index contributed by atoms with van der Waals surface area (Å²) in [5, 5.41) is 9.11. The molecule has 0 bridgehead atoms. The molecule has 1 aromatic heterocycles. The second kappa shape index (κ2) is 22.2. The first-order valence-electron chi connectivity index (χ1n) is 18.4. The van der Waals surface area contributed by atoms with E-state index in [0.717, 1.165) is 25.3 Å². The lowest BCUT2D eigenvalue weighted by Gasteiger charge is -2.32. The molecule has 0 aliphatic heterocycles. The van der Waals surface area contributed by atoms with E-state index < -0.39 is 48.2 Å². The first-order valence-corrected chi connectivity index (χ1v) is 18.4. The van der Waals surface area contributed by atoms with E-state index in [4.69, 9.17) is 18.7 Å². The molecule has 3 N–H and O–H groups in total. The number of ether oxygens (including phenoxy) is 3. The highest BCUT2D eigenvalue weighted by atomic mass is 16.7. The van der Waals surface area contributed by atoms with Crippen LogP contribution in [0.1, 0.15) is 65.1 Å². The lowest BCUT2D eigenvalue weighted by atomic mass is 9.90. The molecular formula is C42H48N4O11. The molecule has 1 heterocycles. The minimum absolute atomic E-state index is 0.0451. The van der Waals surface area contributed by atoms with Gasteiger partial charge in [-0.3, -0.25) is 28.8 Å². The smallest absolute Gasteiger partial charge is 0.328 e. The zero-order chi connectivity index (χ0) is 41.2. The standard InChI is InChI=1S/C42H48N4O11/c1-5-34(46(27-47)56-25-29-15-11-8-12-16-29)31(19-17-28-13-9-7-10-14-28)39(49)43-26-44-41(51)36-22-21-35(57-36)30-18-20-32(37(23-30)55-6-2)40(50)45-33(42(52)54-4)24-38(48)53-3/h7-16,18,20-23,27,31,33-34H,5-6,17,19,24-26H2,1-4H3,(H,43,49)(H,44,51)(H,45,50)/t31-,33+,34-/m1/s1. The predicted molar refractivity (Wildman–Crippen MR) is 207 cm³/mol. The number of nitrogens with zero attached hydrogens (tertiary/aromatic N) is 1. The van der Waals surface area contributed by atoms with Crippen LogP contribution in [0.3, 0.4) is 0 Å². The number of benzene rings is 3. The number of esters is 2. The Hall–Kier alpha value is -6.48. The van der Waals surface area contributed by atoms with Gasteiger partial charge in [0.05, 0.1) is 51.4 Å². The minimum atomic E-state index is -1.29. The van der Waals surface area contributed by atoms with Crippen LogP contribution in [0.5, 0.6) is 5.75 Å². The van der Waals surface area contributed by atoms with E-state index in [0.29, 0.717) is 31.2 Å². The number of hydrogen-bond donors (Lipinski definition) is 3. The normalized spacial score (nSPS) is 12.3. The Bertz CT molecular complexity index is 1950. The Morgan fingerprint density at radius 2 is 1.53 bits per heavy atom. The summed E-state index contributed by atoms with van der Waals surface area (Å²) in [6, 6.07) is 24.8. The lowest BCUT2D eigenvalue weighted by Crippen LogP contribution is -2.48. The van der Waals surface area contributed by atoms with Gasteiger partial charge in [-0.2, -0.15) is 0 Å². The van der Waals surface area contributed by atoms with Gasteiger partial charge in [-0.05, 0) is 61.6 Å². The summed E-state index contributed by atoms with van der Waals surface area (Å²) in [7, 11) is 2.29. The maximum Gasteiger partial charge on any atom is 0.328 e. The van der Waals surface area contributed by atoms with Crippen LogP contribution >= 0.6 is 0 Å². The topological polar surface area (TPSA) is 192 Å². The quantitative estimate of drug-likeness (QED) is 0.0437. The van der Waals surface area contributed by atoms with Gasteiger partial charge in [0.25, 0.3) is 11.8 Å². The van der Waals surface area contributed by atoms with E-state index in [1.807, 2.05) is 67.6 Å². The molecule has 0 saturated carbocycles. The van der Waals surface area contributed by atoms with Crippen LogP contribution in [-0.2, 0) is 46.5 Å². The van der Waals surface area contributed by atoms with Crippen LogP contribution in [0.25, 0.3) is 11.3 Å². The number of hydroxylamine groups is 2. The maximum absolute atomic E-state index is 13.7. The van der Waals surface area contributed by atoms with Gasteiger partial charge < -0.3 is 34.6 Å². The van der Waals surface area contributed by atoms with Gasteiger partial charge >= 0.3 is 11.9 Å². The number of nitrogens with one attached hydrogen (secondary N) is 3. The lowest BCUT2D eigenvalue weighted by molar-refractivity contribution is -0.200. The van der Waals surface area contributed by atoms with Gasteiger partial charge in [0.2, 0.25) is 12.3 Å². The minimum Gasteiger partial charge on any atom is -0.493 e. The summed E-state index contributed by atoms with van der Waals surface area (Å²) in [4.78, 5) is 82.2. The second-order valence-corrected chi connectivity index (χ2v) is 12.7. The average molecular weight is 785 g/mol. The molecule has 0 aliphatic carbocycles. The van der Waals surface area contributed by atoms with Gasteiger partial charge in [-0.1, -0.05) is 73.7 Å². The van der Waals surface area contributed by atoms with Gasteiger partial charge in [0, 0.05) is 5.56 Å². The number of carbonyl (C=O) groups is 6. The summed E-state index contributed by atoms with van der Waals surface area (Å²) in [5.41, 5.74) is 2.45. The van der Waals surface area contributed by atoms with Crippen molar-refractivity contribution in [3.8, 4) is 17.1 Å². The Morgan fingerprint density at radius 1 is 0.825 bits per heavy atom. The number of carbonyl (C=O) groups excluding carboxylic acids is 6. The zero-order valence-corrected chi connectivity index (χ0v) is 32.4. The molecule has 15 nitrogen and oxygen atoms in total. The molecule has 0 spiro atoms. The van der Waals surface area contributed by atoms with E-state index in [1.165, 1.54) is 17.2 Å². The molecule has 4 amide bonds. The summed E-state index contributed by atoms with van der Waals surface area (Å²) >= 11 is 0. The van der Waals surface area contributed by atoms with E-state index in [2.05, 4.69) is 20.7 Å².